The van der Waals surface area contributed by atoms with Crippen molar-refractivity contribution in [1.82, 2.24) is 5.32 Å². The van der Waals surface area contributed by atoms with Crippen molar-refractivity contribution in [3.63, 3.8) is 0 Å². The number of ketones is 1. The second-order valence-corrected chi connectivity index (χ2v) is 5.40. The largest absolute Gasteiger partial charge is 0.355 e. The van der Waals surface area contributed by atoms with Crippen molar-refractivity contribution in [2.24, 2.45) is 0 Å². The first kappa shape index (κ1) is 15.2. The average Bonchev–Trinajstić information content (AvgIpc) is 2.64. The minimum Gasteiger partial charge on any atom is -0.355 e. The Bertz CT molecular complexity index is 608. The molecule has 1 aromatic rings. The van der Waals surface area contributed by atoms with Gasteiger partial charge in [-0.15, -0.1) is 0 Å². The summed E-state index contributed by atoms with van der Waals surface area (Å²) in [6, 6.07) is 3.62. The van der Waals surface area contributed by atoms with E-state index in [-0.39, 0.29) is 12.5 Å². The van der Waals surface area contributed by atoms with Crippen molar-refractivity contribution in [3.8, 4) is 0 Å². The summed E-state index contributed by atoms with van der Waals surface area (Å²) in [7, 11) is 0. The number of aryl methyl sites for hydroxylation is 2. The molecule has 0 fully saturated rings. The lowest BCUT2D eigenvalue weighted by Gasteiger charge is -2.18. The van der Waals surface area contributed by atoms with Crippen LogP contribution in [-0.4, -0.2) is 30.7 Å². The molecule has 0 aromatic heterocycles. The molecule has 0 aliphatic carbocycles. The lowest BCUT2D eigenvalue weighted by atomic mass is 10.0. The van der Waals surface area contributed by atoms with E-state index in [2.05, 4.69) is 5.32 Å². The molecule has 0 saturated heterocycles. The molecule has 2 rings (SSSR count). The summed E-state index contributed by atoms with van der Waals surface area (Å²) in [6.07, 6.45) is 1.88. The first-order valence-corrected chi connectivity index (χ1v) is 7.19. The van der Waals surface area contributed by atoms with Crippen molar-refractivity contribution < 1.29 is 14.4 Å². The Morgan fingerprint density at radius 3 is 2.62 bits per heavy atom. The van der Waals surface area contributed by atoms with Gasteiger partial charge in [-0.25, -0.2) is 0 Å². The lowest BCUT2D eigenvalue weighted by Crippen LogP contribution is -2.40. The zero-order valence-corrected chi connectivity index (χ0v) is 12.7. The second-order valence-electron chi connectivity index (χ2n) is 5.40. The third-order valence-corrected chi connectivity index (χ3v) is 3.55. The van der Waals surface area contributed by atoms with Crippen LogP contribution < -0.4 is 10.2 Å². The van der Waals surface area contributed by atoms with Crippen molar-refractivity contribution in [3.05, 3.63) is 28.8 Å². The predicted octanol–water partition coefficient (Wildman–Crippen LogP) is 1.75. The number of hydrogen-bond acceptors (Lipinski definition) is 3. The topological polar surface area (TPSA) is 66.5 Å². The van der Waals surface area contributed by atoms with Crippen LogP contribution in [0.4, 0.5) is 5.69 Å². The summed E-state index contributed by atoms with van der Waals surface area (Å²) >= 11 is 0. The molecule has 112 valence electrons. The standard InChI is InChI=1S/C16H20N2O3/c1-4-5-6-17-13(19)9-18-14-11(3)7-10(2)8-12(14)15(20)16(18)21/h7-8H,4-6,9H2,1-3H3,(H,17,19). The number of fused-ring (bicyclic) bond motifs is 1. The molecule has 0 atom stereocenters. The molecule has 1 aliphatic heterocycles. The number of rotatable bonds is 5. The number of amides is 2. The normalized spacial score (nSPS) is 13.6. The van der Waals surface area contributed by atoms with Crippen LogP contribution in [-0.2, 0) is 9.59 Å². The summed E-state index contributed by atoms with van der Waals surface area (Å²) < 4.78 is 0. The van der Waals surface area contributed by atoms with E-state index >= 15 is 0 Å². The van der Waals surface area contributed by atoms with Gasteiger partial charge >= 0.3 is 0 Å². The molecule has 1 aliphatic rings. The summed E-state index contributed by atoms with van der Waals surface area (Å²) in [4.78, 5) is 37.3. The maximum Gasteiger partial charge on any atom is 0.299 e. The first-order valence-electron chi connectivity index (χ1n) is 7.19. The van der Waals surface area contributed by atoms with Gasteiger partial charge in [0.1, 0.15) is 6.54 Å². The Hall–Kier alpha value is -2.17. The van der Waals surface area contributed by atoms with Gasteiger partial charge in [0, 0.05) is 6.54 Å². The number of carbonyl (C=O) groups excluding carboxylic acids is 3. The summed E-state index contributed by atoms with van der Waals surface area (Å²) in [5.41, 5.74) is 2.74. The highest BCUT2D eigenvalue weighted by molar-refractivity contribution is 6.52. The van der Waals surface area contributed by atoms with Crippen molar-refractivity contribution >= 4 is 23.3 Å². The van der Waals surface area contributed by atoms with E-state index in [9.17, 15) is 14.4 Å². The van der Waals surface area contributed by atoms with Crippen LogP contribution >= 0.6 is 0 Å². The summed E-state index contributed by atoms with van der Waals surface area (Å²) in [6.45, 7) is 6.25. The number of nitrogens with zero attached hydrogens (tertiary/aromatic N) is 1. The van der Waals surface area contributed by atoms with Gasteiger partial charge in [0.05, 0.1) is 11.3 Å². The first-order chi connectivity index (χ1) is 9.95. The number of hydrogen-bond donors (Lipinski definition) is 1. The fraction of sp³-hybridized carbons (Fsp3) is 0.438. The van der Waals surface area contributed by atoms with E-state index in [4.69, 9.17) is 0 Å². The van der Waals surface area contributed by atoms with Crippen LogP contribution in [0.15, 0.2) is 12.1 Å². The summed E-state index contributed by atoms with van der Waals surface area (Å²) in [5.74, 6) is -1.39. The fourth-order valence-corrected chi connectivity index (χ4v) is 2.59. The third kappa shape index (κ3) is 2.96. The molecule has 1 aromatic carbocycles. The van der Waals surface area contributed by atoms with Gasteiger partial charge in [-0.05, 0) is 37.5 Å². The van der Waals surface area contributed by atoms with Crippen LogP contribution in [0, 0.1) is 13.8 Å². The van der Waals surface area contributed by atoms with Crippen LogP contribution in [0.1, 0.15) is 41.3 Å². The second kappa shape index (κ2) is 6.08. The van der Waals surface area contributed by atoms with E-state index in [0.717, 1.165) is 24.0 Å². The van der Waals surface area contributed by atoms with Gasteiger partial charge < -0.3 is 5.32 Å². The van der Waals surface area contributed by atoms with E-state index < -0.39 is 11.7 Å². The van der Waals surface area contributed by atoms with Crippen LogP contribution in [0.5, 0.6) is 0 Å². The quantitative estimate of drug-likeness (QED) is 0.663. The van der Waals surface area contributed by atoms with Crippen molar-refractivity contribution in [2.45, 2.75) is 33.6 Å². The number of nitrogens with one attached hydrogen (secondary N) is 1. The molecule has 5 heteroatoms. The highest BCUT2D eigenvalue weighted by Crippen LogP contribution is 2.33. The Morgan fingerprint density at radius 2 is 1.95 bits per heavy atom. The molecule has 0 bridgehead atoms. The molecule has 0 unspecified atom stereocenters. The monoisotopic (exact) mass is 288 g/mol. The highest BCUT2D eigenvalue weighted by atomic mass is 16.2. The van der Waals surface area contributed by atoms with Crippen LogP contribution in [0.25, 0.3) is 0 Å². The summed E-state index contributed by atoms with van der Waals surface area (Å²) in [5, 5.41) is 2.76. The maximum atomic E-state index is 12.1. The molecule has 1 N–H and O–H groups in total. The maximum absolute atomic E-state index is 12.1. The number of benzene rings is 1. The molecule has 21 heavy (non-hydrogen) atoms. The molecular formula is C16H20N2O3. The van der Waals surface area contributed by atoms with E-state index in [1.165, 1.54) is 4.90 Å². The Kier molecular flexibility index (Phi) is 4.40. The average molecular weight is 288 g/mol. The Labute approximate surface area is 124 Å². The molecule has 0 saturated carbocycles. The van der Waals surface area contributed by atoms with Crippen LogP contribution in [0.3, 0.4) is 0 Å². The number of Topliss-reactive ketones (excluding diaryl/α,β-unsaturated/α-hetero) is 1. The Morgan fingerprint density at radius 1 is 1.24 bits per heavy atom. The van der Waals surface area contributed by atoms with Crippen molar-refractivity contribution in [2.75, 3.05) is 18.0 Å². The van der Waals surface area contributed by atoms with Gasteiger partial charge in [-0.1, -0.05) is 19.4 Å². The van der Waals surface area contributed by atoms with Gasteiger partial charge in [-0.3, -0.25) is 19.3 Å². The highest BCUT2D eigenvalue weighted by Gasteiger charge is 2.37. The van der Waals surface area contributed by atoms with Crippen LogP contribution in [0.2, 0.25) is 0 Å². The minimum absolute atomic E-state index is 0.106. The number of anilines is 1. The van der Waals surface area contributed by atoms with E-state index in [0.29, 0.717) is 17.8 Å². The molecule has 0 spiro atoms. The Balaban J connectivity index is 2.21. The third-order valence-electron chi connectivity index (χ3n) is 3.55. The zero-order valence-electron chi connectivity index (χ0n) is 12.7. The van der Waals surface area contributed by atoms with E-state index in [1.807, 2.05) is 26.8 Å². The van der Waals surface area contributed by atoms with E-state index in [1.54, 1.807) is 6.07 Å². The van der Waals surface area contributed by atoms with Gasteiger partial charge in [0.25, 0.3) is 11.7 Å². The molecule has 0 radical (unpaired) electrons. The molecule has 5 nitrogen and oxygen atoms in total. The number of unbranched alkanes of at least 4 members (excludes halogenated alkanes) is 1. The SMILES string of the molecule is CCCCNC(=O)CN1C(=O)C(=O)c2cc(C)cc(C)c21. The van der Waals surface area contributed by atoms with Gasteiger partial charge in [0.15, 0.2) is 0 Å². The van der Waals surface area contributed by atoms with Gasteiger partial charge in [0.2, 0.25) is 5.91 Å². The van der Waals surface area contributed by atoms with Gasteiger partial charge in [-0.2, -0.15) is 0 Å². The van der Waals surface area contributed by atoms with Crippen molar-refractivity contribution in [1.29, 1.82) is 0 Å². The fourth-order valence-electron chi connectivity index (χ4n) is 2.59. The number of carbonyl (C=O) groups is 3. The minimum atomic E-state index is -0.621. The molecule has 1 heterocycles. The smallest absolute Gasteiger partial charge is 0.299 e. The molecular weight excluding hydrogens is 268 g/mol. The lowest BCUT2D eigenvalue weighted by molar-refractivity contribution is -0.122. The zero-order chi connectivity index (χ0) is 15.6. The predicted molar refractivity (Wildman–Crippen MR) is 80.5 cm³/mol. The molecule has 2 amide bonds.